The number of nitrogens with zero attached hydrogens (tertiary/aromatic N) is 1. The van der Waals surface area contributed by atoms with Gasteiger partial charge in [-0.2, -0.15) is 0 Å². The second-order valence-corrected chi connectivity index (χ2v) is 10.3. The van der Waals surface area contributed by atoms with E-state index < -0.39 is 6.04 Å². The molecule has 5 aliphatic rings. The van der Waals surface area contributed by atoms with Crippen LogP contribution in [0.4, 0.5) is 0 Å². The van der Waals surface area contributed by atoms with Gasteiger partial charge in [-0.15, -0.1) is 0 Å². The van der Waals surface area contributed by atoms with Gasteiger partial charge in [0.1, 0.15) is 6.04 Å². The first-order valence-corrected chi connectivity index (χ1v) is 11.3. The summed E-state index contributed by atoms with van der Waals surface area (Å²) in [4.78, 5) is 38.1. The summed E-state index contributed by atoms with van der Waals surface area (Å²) in [5, 5.41) is 6.13. The van der Waals surface area contributed by atoms with Crippen molar-refractivity contribution in [1.29, 1.82) is 0 Å². The van der Waals surface area contributed by atoms with E-state index in [1.807, 2.05) is 12.1 Å². The number of hydrogen-bond donors (Lipinski definition) is 2. The maximum atomic E-state index is 12.8. The molecule has 3 saturated carbocycles. The van der Waals surface area contributed by atoms with E-state index >= 15 is 0 Å². The third-order valence-electron chi connectivity index (χ3n) is 8.51. The van der Waals surface area contributed by atoms with Crippen LogP contribution in [-0.2, 0) is 22.7 Å². The van der Waals surface area contributed by atoms with Crippen LogP contribution in [0.25, 0.3) is 0 Å². The van der Waals surface area contributed by atoms with Gasteiger partial charge in [-0.05, 0) is 59.6 Å². The number of hydrogen-bond acceptors (Lipinski definition) is 4. The minimum absolute atomic E-state index is 0.109. The van der Waals surface area contributed by atoms with Gasteiger partial charge in [-0.3, -0.25) is 19.7 Å². The Labute approximate surface area is 177 Å². The minimum Gasteiger partial charge on any atom is -0.322 e. The second kappa shape index (κ2) is 6.91. The van der Waals surface area contributed by atoms with Crippen molar-refractivity contribution in [1.82, 2.24) is 15.5 Å². The zero-order valence-corrected chi connectivity index (χ0v) is 18.0. The first-order chi connectivity index (χ1) is 14.3. The molecule has 0 aromatic heterocycles. The number of benzene rings is 1. The van der Waals surface area contributed by atoms with Crippen molar-refractivity contribution in [2.24, 2.45) is 23.2 Å². The molecule has 2 N–H and O–H groups in total. The predicted molar refractivity (Wildman–Crippen MR) is 112 cm³/mol. The number of nitrogens with one attached hydrogen (secondary N) is 2. The Bertz CT molecular complexity index is 924. The zero-order valence-electron chi connectivity index (χ0n) is 18.0. The van der Waals surface area contributed by atoms with E-state index in [1.165, 1.54) is 18.4 Å². The summed E-state index contributed by atoms with van der Waals surface area (Å²) in [6, 6.07) is 6.02. The molecule has 5 atom stereocenters. The molecule has 1 aromatic rings. The lowest BCUT2D eigenvalue weighted by atomic mass is 9.45. The molecule has 160 valence electrons. The van der Waals surface area contributed by atoms with E-state index in [0.717, 1.165) is 23.9 Å². The summed E-state index contributed by atoms with van der Waals surface area (Å²) in [5.74, 6) is 1.60. The molecule has 0 spiro atoms. The van der Waals surface area contributed by atoms with Gasteiger partial charge in [-0.1, -0.05) is 32.9 Å². The fraction of sp³-hybridized carbons (Fsp3) is 0.625. The Hall–Kier alpha value is -2.21. The third-order valence-corrected chi connectivity index (χ3v) is 8.51. The van der Waals surface area contributed by atoms with Gasteiger partial charge in [0.05, 0.1) is 0 Å². The topological polar surface area (TPSA) is 78.5 Å². The predicted octanol–water partition coefficient (Wildman–Crippen LogP) is 2.61. The molecular weight excluding hydrogens is 378 g/mol. The van der Waals surface area contributed by atoms with Gasteiger partial charge in [0.2, 0.25) is 11.8 Å². The number of fused-ring (bicyclic) bond motifs is 3. The summed E-state index contributed by atoms with van der Waals surface area (Å²) in [7, 11) is 0. The van der Waals surface area contributed by atoms with Crippen molar-refractivity contribution < 1.29 is 14.4 Å². The van der Waals surface area contributed by atoms with Crippen molar-refractivity contribution in [2.75, 3.05) is 0 Å². The average Bonchev–Trinajstić information content (AvgIpc) is 3.02. The van der Waals surface area contributed by atoms with Gasteiger partial charge in [0.15, 0.2) is 0 Å². The quantitative estimate of drug-likeness (QED) is 0.750. The Morgan fingerprint density at radius 2 is 2.00 bits per heavy atom. The van der Waals surface area contributed by atoms with E-state index in [-0.39, 0.29) is 24.1 Å². The number of rotatable bonds is 4. The highest BCUT2D eigenvalue weighted by atomic mass is 16.2. The van der Waals surface area contributed by atoms with E-state index in [0.29, 0.717) is 35.9 Å². The number of imide groups is 1. The molecule has 1 aromatic carbocycles. The van der Waals surface area contributed by atoms with Crippen molar-refractivity contribution in [2.45, 2.75) is 71.6 Å². The van der Waals surface area contributed by atoms with Crippen LogP contribution < -0.4 is 10.6 Å². The summed E-state index contributed by atoms with van der Waals surface area (Å²) in [5.41, 5.74) is 3.32. The summed E-state index contributed by atoms with van der Waals surface area (Å²) in [6.45, 7) is 8.47. The molecular formula is C24H31N3O3. The Kier molecular flexibility index (Phi) is 4.54. The summed E-state index contributed by atoms with van der Waals surface area (Å²) < 4.78 is 0. The molecule has 0 radical (unpaired) electrons. The highest BCUT2D eigenvalue weighted by molar-refractivity contribution is 6.05. The number of amides is 3. The molecule has 6 rings (SSSR count). The molecule has 30 heavy (non-hydrogen) atoms. The first-order valence-electron chi connectivity index (χ1n) is 11.3. The fourth-order valence-corrected chi connectivity index (χ4v) is 6.41. The van der Waals surface area contributed by atoms with Gasteiger partial charge in [0.25, 0.3) is 5.91 Å². The lowest BCUT2D eigenvalue weighted by molar-refractivity contribution is -0.136. The van der Waals surface area contributed by atoms with Gasteiger partial charge >= 0.3 is 0 Å². The van der Waals surface area contributed by atoms with Crippen LogP contribution >= 0.6 is 0 Å². The highest BCUT2D eigenvalue weighted by Crippen LogP contribution is 2.61. The lowest BCUT2D eigenvalue weighted by Gasteiger charge is -2.62. The Morgan fingerprint density at radius 3 is 2.70 bits per heavy atom. The van der Waals surface area contributed by atoms with Crippen molar-refractivity contribution in [3.8, 4) is 0 Å². The van der Waals surface area contributed by atoms with Crippen LogP contribution in [0.15, 0.2) is 18.2 Å². The molecule has 1 unspecified atom stereocenters. The smallest absolute Gasteiger partial charge is 0.255 e. The number of carbonyl (C=O) groups is 3. The molecule has 2 bridgehead atoms. The van der Waals surface area contributed by atoms with Crippen LogP contribution in [0, 0.1) is 23.2 Å². The molecule has 3 amide bonds. The van der Waals surface area contributed by atoms with Gasteiger partial charge in [-0.25, -0.2) is 0 Å². The molecule has 3 aliphatic carbocycles. The SMILES string of the molecule is C[C@@H]1[C@@H](NCc2ccc3c(c2)CN(C2CCC(=O)NC2=O)C3=O)C[C@H]2C[C@@H]1C2(C)C. The molecule has 1 saturated heterocycles. The van der Waals surface area contributed by atoms with Crippen molar-refractivity contribution in [3.63, 3.8) is 0 Å². The summed E-state index contributed by atoms with van der Waals surface area (Å²) >= 11 is 0. The zero-order chi connectivity index (χ0) is 21.2. The van der Waals surface area contributed by atoms with E-state index in [2.05, 4.69) is 37.5 Å². The molecule has 6 nitrogen and oxygen atoms in total. The summed E-state index contributed by atoms with van der Waals surface area (Å²) in [6.07, 6.45) is 3.31. The highest BCUT2D eigenvalue weighted by Gasteiger charge is 2.56. The molecule has 2 aliphatic heterocycles. The van der Waals surface area contributed by atoms with Crippen LogP contribution in [0.2, 0.25) is 0 Å². The van der Waals surface area contributed by atoms with Crippen molar-refractivity contribution >= 4 is 17.7 Å². The Morgan fingerprint density at radius 1 is 1.20 bits per heavy atom. The van der Waals surface area contributed by atoms with E-state index in [9.17, 15) is 14.4 Å². The normalized spacial score (nSPS) is 34.4. The van der Waals surface area contributed by atoms with Gasteiger partial charge < -0.3 is 10.2 Å². The Balaban J connectivity index is 1.24. The molecule has 6 heteroatoms. The lowest BCUT2D eigenvalue weighted by Crippen LogP contribution is -2.59. The van der Waals surface area contributed by atoms with Crippen LogP contribution in [0.1, 0.15) is 67.9 Å². The fourth-order valence-electron chi connectivity index (χ4n) is 6.41. The van der Waals surface area contributed by atoms with Crippen LogP contribution in [0.5, 0.6) is 0 Å². The standard InChI is InChI=1S/C24H31N3O3/c1-13-18-9-16(24(18,2)3)10-19(13)25-11-14-4-5-17-15(8-14)12-27(23(17)30)20-6-7-21(28)26-22(20)29/h4-5,8,13,16,18-20,25H,6-7,9-12H2,1-3H3,(H,26,28,29)/t13-,16+,18-,19-,20?/m0/s1. The van der Waals surface area contributed by atoms with Crippen LogP contribution in [0.3, 0.4) is 0 Å². The molecule has 4 fully saturated rings. The number of carbonyl (C=O) groups excluding carboxylic acids is 3. The average molecular weight is 410 g/mol. The monoisotopic (exact) mass is 409 g/mol. The molecule has 2 heterocycles. The maximum Gasteiger partial charge on any atom is 0.255 e. The second-order valence-electron chi connectivity index (χ2n) is 10.3. The van der Waals surface area contributed by atoms with Crippen molar-refractivity contribution in [3.05, 3.63) is 34.9 Å². The number of piperidine rings is 1. The maximum absolute atomic E-state index is 12.8. The first kappa shape index (κ1) is 19.7. The van der Waals surface area contributed by atoms with Crippen LogP contribution in [-0.4, -0.2) is 34.7 Å². The minimum atomic E-state index is -0.553. The van der Waals surface area contributed by atoms with E-state index in [4.69, 9.17) is 0 Å². The largest absolute Gasteiger partial charge is 0.322 e. The van der Waals surface area contributed by atoms with Gasteiger partial charge in [0, 0.05) is 31.1 Å². The third kappa shape index (κ3) is 2.99. The van der Waals surface area contributed by atoms with E-state index in [1.54, 1.807) is 4.90 Å².